The zero-order chi connectivity index (χ0) is 15.8. The normalized spacial score (nSPS) is 10.0. The average Bonchev–Trinajstić information content (AvgIpc) is 2.52. The second-order valence-electron chi connectivity index (χ2n) is 4.72. The van der Waals surface area contributed by atoms with Crippen molar-refractivity contribution in [2.75, 3.05) is 6.54 Å². The number of carbonyl (C=O) groups is 2. The molecular formula is C16H16BrN3O2. The lowest BCUT2D eigenvalue weighted by Crippen LogP contribution is -2.37. The van der Waals surface area contributed by atoms with Crippen LogP contribution in [0.5, 0.6) is 0 Å². The van der Waals surface area contributed by atoms with E-state index in [9.17, 15) is 9.59 Å². The van der Waals surface area contributed by atoms with Gasteiger partial charge in [0.1, 0.15) is 0 Å². The Kier molecular flexibility index (Phi) is 6.09. The molecule has 22 heavy (non-hydrogen) atoms. The molecule has 0 aliphatic carbocycles. The van der Waals surface area contributed by atoms with E-state index in [2.05, 4.69) is 31.5 Å². The summed E-state index contributed by atoms with van der Waals surface area (Å²) in [5.74, 6) is -0.406. The number of halogens is 1. The Morgan fingerprint density at radius 1 is 1.00 bits per heavy atom. The maximum atomic E-state index is 11.8. The molecule has 0 fully saturated rings. The van der Waals surface area contributed by atoms with Gasteiger partial charge in [-0.1, -0.05) is 28.1 Å². The first-order chi connectivity index (χ1) is 10.6. The van der Waals surface area contributed by atoms with Gasteiger partial charge in [0, 0.05) is 23.4 Å². The molecule has 6 heteroatoms. The van der Waals surface area contributed by atoms with Gasteiger partial charge in [-0.15, -0.1) is 0 Å². The highest BCUT2D eigenvalue weighted by atomic mass is 79.9. The number of amides is 2. The van der Waals surface area contributed by atoms with Gasteiger partial charge in [-0.2, -0.15) is 0 Å². The average molecular weight is 362 g/mol. The summed E-state index contributed by atoms with van der Waals surface area (Å²) in [4.78, 5) is 27.4. The van der Waals surface area contributed by atoms with Crippen molar-refractivity contribution in [1.29, 1.82) is 0 Å². The number of carbonyl (C=O) groups excluding carboxylic acids is 2. The third-order valence-electron chi connectivity index (χ3n) is 2.94. The summed E-state index contributed by atoms with van der Waals surface area (Å²) in [6, 6.07) is 11.2. The maximum Gasteiger partial charge on any atom is 0.239 e. The van der Waals surface area contributed by atoms with Gasteiger partial charge in [0.15, 0.2) is 0 Å². The van der Waals surface area contributed by atoms with Crippen LogP contribution in [0, 0.1) is 0 Å². The Labute approximate surface area is 137 Å². The minimum Gasteiger partial charge on any atom is -0.350 e. The summed E-state index contributed by atoms with van der Waals surface area (Å²) in [6.45, 7) is 0.390. The van der Waals surface area contributed by atoms with Crippen molar-refractivity contribution >= 4 is 27.7 Å². The second kappa shape index (κ2) is 8.29. The third kappa shape index (κ3) is 5.65. The third-order valence-corrected chi connectivity index (χ3v) is 3.43. The van der Waals surface area contributed by atoms with Crippen LogP contribution in [0.25, 0.3) is 0 Å². The van der Waals surface area contributed by atoms with Crippen molar-refractivity contribution in [3.05, 3.63) is 64.4 Å². The van der Waals surface area contributed by atoms with Gasteiger partial charge in [0.25, 0.3) is 0 Å². The molecule has 0 aliphatic heterocycles. The predicted octanol–water partition coefficient (Wildman–Crippen LogP) is 1.82. The standard InChI is InChI=1S/C16H16BrN3O2/c17-14-3-1-2-13(8-14)9-15(21)20-11-16(22)19-10-12-4-6-18-7-5-12/h1-8H,9-11H2,(H,19,22)(H,20,21). The Hall–Kier alpha value is -2.21. The van der Waals surface area contributed by atoms with Crippen molar-refractivity contribution in [3.8, 4) is 0 Å². The van der Waals surface area contributed by atoms with Gasteiger partial charge >= 0.3 is 0 Å². The number of benzene rings is 1. The number of hydrogen-bond acceptors (Lipinski definition) is 3. The largest absolute Gasteiger partial charge is 0.350 e. The zero-order valence-electron chi connectivity index (χ0n) is 11.9. The SMILES string of the molecule is O=C(CNC(=O)Cc1cccc(Br)c1)NCc1ccncc1. The number of pyridine rings is 1. The minimum atomic E-state index is -0.223. The molecule has 2 rings (SSSR count). The molecule has 2 aromatic rings. The van der Waals surface area contributed by atoms with E-state index in [1.165, 1.54) is 0 Å². The molecule has 114 valence electrons. The van der Waals surface area contributed by atoms with Crippen LogP contribution in [0.3, 0.4) is 0 Å². The molecular weight excluding hydrogens is 346 g/mol. The van der Waals surface area contributed by atoms with Crippen LogP contribution in [0.15, 0.2) is 53.3 Å². The van der Waals surface area contributed by atoms with Crippen molar-refractivity contribution < 1.29 is 9.59 Å². The van der Waals surface area contributed by atoms with Gasteiger partial charge < -0.3 is 10.6 Å². The van der Waals surface area contributed by atoms with E-state index in [1.54, 1.807) is 12.4 Å². The Balaban J connectivity index is 1.70. The number of nitrogens with one attached hydrogen (secondary N) is 2. The monoisotopic (exact) mass is 361 g/mol. The van der Waals surface area contributed by atoms with Crippen LogP contribution in [0.2, 0.25) is 0 Å². The maximum absolute atomic E-state index is 11.8. The van der Waals surface area contributed by atoms with E-state index in [4.69, 9.17) is 0 Å². The highest BCUT2D eigenvalue weighted by Gasteiger charge is 2.06. The molecule has 1 aromatic carbocycles. The number of hydrogen-bond donors (Lipinski definition) is 2. The van der Waals surface area contributed by atoms with E-state index in [0.29, 0.717) is 6.54 Å². The molecule has 2 N–H and O–H groups in total. The van der Waals surface area contributed by atoms with Gasteiger partial charge in [-0.05, 0) is 35.4 Å². The molecule has 0 saturated heterocycles. The van der Waals surface area contributed by atoms with Crippen LogP contribution in [0.1, 0.15) is 11.1 Å². The van der Waals surface area contributed by atoms with Gasteiger partial charge in [0.05, 0.1) is 13.0 Å². The van der Waals surface area contributed by atoms with Crippen LogP contribution < -0.4 is 10.6 Å². The molecule has 2 amide bonds. The fourth-order valence-corrected chi connectivity index (χ4v) is 2.28. The molecule has 0 spiro atoms. The number of aromatic nitrogens is 1. The van der Waals surface area contributed by atoms with Crippen LogP contribution in [-0.4, -0.2) is 23.3 Å². The molecule has 1 aromatic heterocycles. The van der Waals surface area contributed by atoms with Crippen LogP contribution in [0.4, 0.5) is 0 Å². The van der Waals surface area contributed by atoms with E-state index in [0.717, 1.165) is 15.6 Å². The summed E-state index contributed by atoms with van der Waals surface area (Å²) in [5.41, 5.74) is 1.85. The molecule has 1 heterocycles. The lowest BCUT2D eigenvalue weighted by Gasteiger charge is -2.07. The van der Waals surface area contributed by atoms with E-state index in [1.807, 2.05) is 36.4 Å². The predicted molar refractivity (Wildman–Crippen MR) is 86.9 cm³/mol. The Morgan fingerprint density at radius 3 is 2.50 bits per heavy atom. The second-order valence-corrected chi connectivity index (χ2v) is 5.63. The molecule has 0 unspecified atom stereocenters. The quantitative estimate of drug-likeness (QED) is 0.824. The van der Waals surface area contributed by atoms with Crippen LogP contribution >= 0.6 is 15.9 Å². The van der Waals surface area contributed by atoms with Crippen molar-refractivity contribution in [1.82, 2.24) is 15.6 Å². The first-order valence-electron chi connectivity index (χ1n) is 6.80. The lowest BCUT2D eigenvalue weighted by molar-refractivity contribution is -0.125. The summed E-state index contributed by atoms with van der Waals surface area (Å²) in [7, 11) is 0. The number of rotatable bonds is 6. The van der Waals surface area contributed by atoms with E-state index >= 15 is 0 Å². The molecule has 0 bridgehead atoms. The van der Waals surface area contributed by atoms with Crippen LogP contribution in [-0.2, 0) is 22.6 Å². The van der Waals surface area contributed by atoms with Crippen molar-refractivity contribution in [3.63, 3.8) is 0 Å². The Bertz CT molecular complexity index is 647. The molecule has 0 radical (unpaired) electrons. The van der Waals surface area contributed by atoms with E-state index in [-0.39, 0.29) is 24.8 Å². The number of nitrogens with zero attached hydrogens (tertiary/aromatic N) is 1. The lowest BCUT2D eigenvalue weighted by atomic mass is 10.1. The van der Waals surface area contributed by atoms with E-state index < -0.39 is 0 Å². The summed E-state index contributed by atoms with van der Waals surface area (Å²) in [5, 5.41) is 5.35. The van der Waals surface area contributed by atoms with Gasteiger partial charge in [0.2, 0.25) is 11.8 Å². The van der Waals surface area contributed by atoms with Crippen molar-refractivity contribution in [2.24, 2.45) is 0 Å². The topological polar surface area (TPSA) is 71.1 Å². The molecule has 0 atom stereocenters. The highest BCUT2D eigenvalue weighted by molar-refractivity contribution is 9.10. The molecule has 0 aliphatic rings. The molecule has 0 saturated carbocycles. The fourth-order valence-electron chi connectivity index (χ4n) is 1.84. The fraction of sp³-hybridized carbons (Fsp3) is 0.188. The zero-order valence-corrected chi connectivity index (χ0v) is 13.5. The Morgan fingerprint density at radius 2 is 1.77 bits per heavy atom. The minimum absolute atomic E-state index is 0.0298. The first kappa shape index (κ1) is 16.2. The summed E-state index contributed by atoms with van der Waals surface area (Å²) in [6.07, 6.45) is 3.58. The highest BCUT2D eigenvalue weighted by Crippen LogP contribution is 2.11. The summed E-state index contributed by atoms with van der Waals surface area (Å²) < 4.78 is 0.924. The summed E-state index contributed by atoms with van der Waals surface area (Å²) >= 11 is 3.36. The molecule has 5 nitrogen and oxygen atoms in total. The van der Waals surface area contributed by atoms with Gasteiger partial charge in [-0.3, -0.25) is 14.6 Å². The first-order valence-corrected chi connectivity index (χ1v) is 7.59. The van der Waals surface area contributed by atoms with Gasteiger partial charge in [-0.25, -0.2) is 0 Å². The smallest absolute Gasteiger partial charge is 0.239 e. The van der Waals surface area contributed by atoms with Crippen molar-refractivity contribution in [2.45, 2.75) is 13.0 Å².